The molecule has 1 fully saturated rings. The highest BCUT2D eigenvalue weighted by molar-refractivity contribution is 9.10. The fourth-order valence-electron chi connectivity index (χ4n) is 2.95. The molecule has 1 amide bonds. The maximum atomic E-state index is 12.9. The average Bonchev–Trinajstić information content (AvgIpc) is 3.02. The van der Waals surface area contributed by atoms with Gasteiger partial charge in [-0.05, 0) is 76.1 Å². The molecule has 3 aromatic carbocycles. The van der Waals surface area contributed by atoms with Crippen LogP contribution in [-0.2, 0) is 11.4 Å². The number of hydrogen-bond donors (Lipinski definition) is 0. The van der Waals surface area contributed by atoms with Gasteiger partial charge in [-0.15, -0.1) is 0 Å². The van der Waals surface area contributed by atoms with Crippen LogP contribution in [0.25, 0.3) is 6.08 Å². The monoisotopic (exact) mass is 583 g/mol. The molecule has 3 aromatic rings. The Kier molecular flexibility index (Phi) is 7.50. The van der Waals surface area contributed by atoms with Gasteiger partial charge in [0.25, 0.3) is 5.91 Å². The average molecular weight is 586 g/mol. The lowest BCUT2D eigenvalue weighted by Crippen LogP contribution is -2.27. The molecule has 0 aliphatic carbocycles. The van der Waals surface area contributed by atoms with Crippen LogP contribution in [0.1, 0.15) is 11.1 Å². The van der Waals surface area contributed by atoms with Crippen molar-refractivity contribution in [3.8, 4) is 5.75 Å². The molecular formula is C23H13BrCl3NO2S2. The fourth-order valence-corrected chi connectivity index (χ4v) is 5.35. The second-order valence-electron chi connectivity index (χ2n) is 6.71. The SMILES string of the molecule is O=C1/C(=C/c2ccc(OCc3ccc(Cl)cc3Cl)c(Br)c2)SC(=S)N1c1ccc(Cl)cc1. The van der Waals surface area contributed by atoms with E-state index in [2.05, 4.69) is 15.9 Å². The van der Waals surface area contributed by atoms with Crippen LogP contribution in [0.2, 0.25) is 15.1 Å². The van der Waals surface area contributed by atoms with E-state index in [4.69, 9.17) is 51.8 Å². The number of thiocarbonyl (C=S) groups is 1. The van der Waals surface area contributed by atoms with Crippen molar-refractivity contribution in [3.63, 3.8) is 0 Å². The van der Waals surface area contributed by atoms with Gasteiger partial charge in [0.05, 0.1) is 15.1 Å². The molecule has 0 saturated carbocycles. The Morgan fingerprint density at radius 1 is 1.00 bits per heavy atom. The van der Waals surface area contributed by atoms with E-state index in [1.54, 1.807) is 42.5 Å². The van der Waals surface area contributed by atoms with Crippen LogP contribution >= 0.6 is 74.7 Å². The number of carbonyl (C=O) groups is 1. The number of anilines is 1. The third kappa shape index (κ3) is 5.33. The second kappa shape index (κ2) is 10.2. The lowest BCUT2D eigenvalue weighted by molar-refractivity contribution is -0.113. The summed E-state index contributed by atoms with van der Waals surface area (Å²) in [6.07, 6.45) is 1.81. The summed E-state index contributed by atoms with van der Waals surface area (Å²) in [7, 11) is 0. The summed E-state index contributed by atoms with van der Waals surface area (Å²) in [5, 5.41) is 1.72. The zero-order valence-corrected chi connectivity index (χ0v) is 21.6. The molecule has 1 aliphatic heterocycles. The van der Waals surface area contributed by atoms with Gasteiger partial charge in [0.2, 0.25) is 0 Å². The van der Waals surface area contributed by atoms with E-state index in [-0.39, 0.29) is 5.91 Å². The van der Waals surface area contributed by atoms with Crippen molar-refractivity contribution in [1.29, 1.82) is 0 Å². The molecule has 0 N–H and O–H groups in total. The maximum Gasteiger partial charge on any atom is 0.270 e. The van der Waals surface area contributed by atoms with Crippen LogP contribution in [0.3, 0.4) is 0 Å². The molecule has 3 nitrogen and oxygen atoms in total. The number of halogens is 4. The summed E-state index contributed by atoms with van der Waals surface area (Å²) < 4.78 is 7.11. The van der Waals surface area contributed by atoms with Crippen LogP contribution in [-0.4, -0.2) is 10.2 Å². The Bertz CT molecular complexity index is 1250. The Hall–Kier alpha value is -1.54. The van der Waals surface area contributed by atoms with E-state index in [0.717, 1.165) is 15.6 Å². The standard InChI is InChI=1S/C23H13BrCl3NO2S2/c24-18-9-13(1-8-20(18)30-12-14-2-3-16(26)11-19(14)27)10-21-22(29)28(23(31)32-21)17-6-4-15(25)5-7-17/h1-11H,12H2/b21-10-. The largest absolute Gasteiger partial charge is 0.488 e. The van der Waals surface area contributed by atoms with E-state index < -0.39 is 0 Å². The van der Waals surface area contributed by atoms with Crippen LogP contribution in [0.15, 0.2) is 70.0 Å². The van der Waals surface area contributed by atoms with E-state index in [9.17, 15) is 4.79 Å². The number of rotatable bonds is 5. The van der Waals surface area contributed by atoms with Gasteiger partial charge in [-0.25, -0.2) is 0 Å². The summed E-state index contributed by atoms with van der Waals surface area (Å²) >= 11 is 28.3. The first kappa shape index (κ1) is 23.6. The predicted molar refractivity (Wildman–Crippen MR) is 142 cm³/mol. The molecule has 0 atom stereocenters. The number of thioether (sulfide) groups is 1. The third-order valence-corrected chi connectivity index (χ3v) is 7.29. The molecule has 4 rings (SSSR count). The summed E-state index contributed by atoms with van der Waals surface area (Å²) in [5.74, 6) is 0.484. The van der Waals surface area contributed by atoms with Crippen LogP contribution in [0.4, 0.5) is 5.69 Å². The number of amides is 1. The van der Waals surface area contributed by atoms with Crippen molar-refractivity contribution in [1.82, 2.24) is 0 Å². The van der Waals surface area contributed by atoms with Crippen molar-refractivity contribution < 1.29 is 9.53 Å². The van der Waals surface area contributed by atoms with Gasteiger partial charge in [-0.1, -0.05) is 70.9 Å². The van der Waals surface area contributed by atoms with Crippen molar-refractivity contribution in [3.05, 3.63) is 96.2 Å². The van der Waals surface area contributed by atoms with Crippen LogP contribution in [0, 0.1) is 0 Å². The first-order valence-electron chi connectivity index (χ1n) is 9.21. The highest BCUT2D eigenvalue weighted by Gasteiger charge is 2.33. The number of benzene rings is 3. The van der Waals surface area contributed by atoms with Gasteiger partial charge >= 0.3 is 0 Å². The van der Waals surface area contributed by atoms with E-state index in [1.165, 1.54) is 16.7 Å². The highest BCUT2D eigenvalue weighted by atomic mass is 79.9. The summed E-state index contributed by atoms with van der Waals surface area (Å²) in [5.41, 5.74) is 2.36. The molecule has 9 heteroatoms. The van der Waals surface area contributed by atoms with Crippen molar-refractivity contribution in [2.75, 3.05) is 4.90 Å². The topological polar surface area (TPSA) is 29.5 Å². The molecule has 0 bridgehead atoms. The quantitative estimate of drug-likeness (QED) is 0.222. The first-order valence-corrected chi connectivity index (χ1v) is 12.4. The Labute approximate surface area is 218 Å². The van der Waals surface area contributed by atoms with Gasteiger partial charge in [0, 0.05) is 20.6 Å². The van der Waals surface area contributed by atoms with Crippen molar-refractivity contribution in [2.45, 2.75) is 6.61 Å². The Balaban J connectivity index is 1.49. The Morgan fingerprint density at radius 2 is 1.72 bits per heavy atom. The van der Waals surface area contributed by atoms with Gasteiger partial charge in [-0.2, -0.15) is 0 Å². The molecule has 32 heavy (non-hydrogen) atoms. The maximum absolute atomic E-state index is 12.9. The number of carbonyl (C=O) groups excluding carboxylic acids is 1. The normalized spacial score (nSPS) is 15.0. The van der Waals surface area contributed by atoms with Gasteiger partial charge in [0.15, 0.2) is 4.32 Å². The molecule has 0 aromatic heterocycles. The van der Waals surface area contributed by atoms with Crippen molar-refractivity contribution >= 4 is 96.7 Å². The minimum absolute atomic E-state index is 0.170. The summed E-state index contributed by atoms with van der Waals surface area (Å²) in [4.78, 5) is 15.0. The van der Waals surface area contributed by atoms with Crippen LogP contribution < -0.4 is 9.64 Å². The minimum Gasteiger partial charge on any atom is -0.488 e. The predicted octanol–water partition coefficient (Wildman–Crippen LogP) is 8.39. The molecule has 1 aliphatic rings. The first-order chi connectivity index (χ1) is 15.3. The molecule has 1 saturated heterocycles. The molecule has 0 spiro atoms. The molecular weight excluding hydrogens is 573 g/mol. The molecule has 1 heterocycles. The van der Waals surface area contributed by atoms with Gasteiger partial charge < -0.3 is 4.74 Å². The molecule has 162 valence electrons. The number of ether oxygens (including phenoxy) is 1. The third-order valence-electron chi connectivity index (χ3n) is 4.53. The highest BCUT2D eigenvalue weighted by Crippen LogP contribution is 2.37. The Morgan fingerprint density at radius 3 is 2.41 bits per heavy atom. The summed E-state index contributed by atoms with van der Waals surface area (Å²) in [6.45, 7) is 0.299. The molecule has 0 unspecified atom stereocenters. The minimum atomic E-state index is -0.170. The van der Waals surface area contributed by atoms with Gasteiger partial charge in [-0.3, -0.25) is 9.69 Å². The van der Waals surface area contributed by atoms with E-state index in [1.807, 2.05) is 24.3 Å². The fraction of sp³-hybridized carbons (Fsp3) is 0.0435. The lowest BCUT2D eigenvalue weighted by atomic mass is 10.2. The van der Waals surface area contributed by atoms with Crippen LogP contribution in [0.5, 0.6) is 5.75 Å². The van der Waals surface area contributed by atoms with E-state index >= 15 is 0 Å². The smallest absolute Gasteiger partial charge is 0.270 e. The number of hydrogen-bond acceptors (Lipinski definition) is 4. The van der Waals surface area contributed by atoms with E-state index in [0.29, 0.717) is 42.3 Å². The second-order valence-corrected chi connectivity index (χ2v) is 10.5. The van der Waals surface area contributed by atoms with Crippen molar-refractivity contribution in [2.24, 2.45) is 0 Å². The number of nitrogens with zero attached hydrogens (tertiary/aromatic N) is 1. The molecule has 0 radical (unpaired) electrons. The lowest BCUT2D eigenvalue weighted by Gasteiger charge is -2.14. The zero-order valence-electron chi connectivity index (χ0n) is 16.2. The summed E-state index contributed by atoms with van der Waals surface area (Å²) in [6, 6.07) is 17.9. The van der Waals surface area contributed by atoms with Gasteiger partial charge in [0.1, 0.15) is 12.4 Å². The zero-order chi connectivity index (χ0) is 22.8.